The molecule has 0 aromatic carbocycles. The number of rotatable bonds is 3. The van der Waals surface area contributed by atoms with Gasteiger partial charge in [-0.15, -0.1) is 0 Å². The molecule has 2 atom stereocenters. The second kappa shape index (κ2) is 6.59. The molecule has 2 saturated heterocycles. The predicted octanol–water partition coefficient (Wildman–Crippen LogP) is 1.08. The van der Waals surface area contributed by atoms with Gasteiger partial charge in [0.1, 0.15) is 0 Å². The first-order valence-electron chi connectivity index (χ1n) is 8.88. The van der Waals surface area contributed by atoms with E-state index < -0.39 is 9.84 Å². The SMILES string of the molecule is CC(C)NC(=O)N1CC[C@@H]2[C@H](CC1)S(=O)(=O)CCN2CC1CC1. The summed E-state index contributed by atoms with van der Waals surface area (Å²) in [7, 11) is -3.03. The van der Waals surface area contributed by atoms with Gasteiger partial charge in [0.25, 0.3) is 0 Å². The molecule has 1 aliphatic carbocycles. The van der Waals surface area contributed by atoms with Crippen molar-refractivity contribution in [1.29, 1.82) is 0 Å². The topological polar surface area (TPSA) is 69.7 Å². The van der Waals surface area contributed by atoms with Crippen molar-refractivity contribution in [3.8, 4) is 0 Å². The number of urea groups is 1. The van der Waals surface area contributed by atoms with Gasteiger partial charge in [-0.25, -0.2) is 13.2 Å². The van der Waals surface area contributed by atoms with E-state index in [1.165, 1.54) is 12.8 Å². The summed E-state index contributed by atoms with van der Waals surface area (Å²) in [6.45, 7) is 6.77. The molecule has 3 rings (SSSR count). The highest BCUT2D eigenvalue weighted by molar-refractivity contribution is 7.92. The first kappa shape index (κ1) is 17.0. The van der Waals surface area contributed by atoms with Gasteiger partial charge in [0.15, 0.2) is 9.84 Å². The summed E-state index contributed by atoms with van der Waals surface area (Å²) in [5.41, 5.74) is 0. The third kappa shape index (κ3) is 3.99. The van der Waals surface area contributed by atoms with Crippen LogP contribution in [0.25, 0.3) is 0 Å². The molecule has 0 aromatic rings. The number of hydrogen-bond donors (Lipinski definition) is 1. The van der Waals surface area contributed by atoms with Crippen LogP contribution in [0.1, 0.15) is 39.5 Å². The van der Waals surface area contributed by atoms with Crippen LogP contribution in [0.4, 0.5) is 4.79 Å². The summed E-state index contributed by atoms with van der Waals surface area (Å²) >= 11 is 0. The predicted molar refractivity (Wildman–Crippen MR) is 90.1 cm³/mol. The average molecular weight is 343 g/mol. The van der Waals surface area contributed by atoms with Gasteiger partial charge >= 0.3 is 6.03 Å². The lowest BCUT2D eigenvalue weighted by Gasteiger charge is -2.40. The van der Waals surface area contributed by atoms with Crippen LogP contribution in [0.5, 0.6) is 0 Å². The molecular weight excluding hydrogens is 314 g/mol. The van der Waals surface area contributed by atoms with E-state index in [9.17, 15) is 13.2 Å². The number of nitrogens with zero attached hydrogens (tertiary/aromatic N) is 2. The Morgan fingerprint density at radius 1 is 1.13 bits per heavy atom. The monoisotopic (exact) mass is 343 g/mol. The minimum Gasteiger partial charge on any atom is -0.336 e. The molecule has 0 aromatic heterocycles. The quantitative estimate of drug-likeness (QED) is 0.832. The maximum Gasteiger partial charge on any atom is 0.317 e. The first-order chi connectivity index (χ1) is 10.9. The Labute approximate surface area is 139 Å². The lowest BCUT2D eigenvalue weighted by molar-refractivity contribution is 0.169. The van der Waals surface area contributed by atoms with E-state index in [1.807, 2.05) is 13.8 Å². The number of sulfone groups is 1. The first-order valence-corrected chi connectivity index (χ1v) is 10.6. The fourth-order valence-electron chi connectivity index (χ4n) is 3.86. The second-order valence-electron chi connectivity index (χ2n) is 7.58. The van der Waals surface area contributed by atoms with Crippen molar-refractivity contribution in [2.75, 3.05) is 31.9 Å². The zero-order valence-corrected chi connectivity index (χ0v) is 15.0. The van der Waals surface area contributed by atoms with E-state index in [0.29, 0.717) is 26.1 Å². The maximum atomic E-state index is 12.5. The third-order valence-corrected chi connectivity index (χ3v) is 7.51. The normalized spacial score (nSPS) is 31.5. The molecule has 2 aliphatic heterocycles. The van der Waals surface area contributed by atoms with E-state index in [-0.39, 0.29) is 29.1 Å². The fourth-order valence-corrected chi connectivity index (χ4v) is 5.90. The fraction of sp³-hybridized carbons (Fsp3) is 0.938. The number of fused-ring (bicyclic) bond motifs is 1. The maximum absolute atomic E-state index is 12.5. The highest BCUT2D eigenvalue weighted by atomic mass is 32.2. The molecule has 3 aliphatic rings. The molecule has 0 bridgehead atoms. The molecule has 2 amide bonds. The van der Waals surface area contributed by atoms with Gasteiger partial charge in [-0.3, -0.25) is 4.90 Å². The van der Waals surface area contributed by atoms with E-state index in [1.54, 1.807) is 4.90 Å². The number of hydrogen-bond acceptors (Lipinski definition) is 4. The molecule has 1 saturated carbocycles. The summed E-state index contributed by atoms with van der Waals surface area (Å²) in [4.78, 5) is 16.4. The van der Waals surface area contributed by atoms with Crippen LogP contribution in [-0.2, 0) is 9.84 Å². The standard InChI is InChI=1S/C16H29N3O3S/c1-12(2)17-16(20)18-7-5-14-15(6-8-18)23(21,22)10-9-19(14)11-13-3-4-13/h12-15H,3-11H2,1-2H3,(H,17,20)/t14-,15+/m1/s1. The summed E-state index contributed by atoms with van der Waals surface area (Å²) in [5, 5.41) is 2.62. The van der Waals surface area contributed by atoms with Gasteiger partial charge in [0.2, 0.25) is 0 Å². The number of carbonyl (C=O) groups is 1. The number of carbonyl (C=O) groups excluding carboxylic acids is 1. The van der Waals surface area contributed by atoms with Gasteiger partial charge in [0, 0.05) is 38.3 Å². The highest BCUT2D eigenvalue weighted by Crippen LogP contribution is 2.34. The lowest BCUT2D eigenvalue weighted by Crippen LogP contribution is -2.55. The zero-order valence-electron chi connectivity index (χ0n) is 14.2. The largest absolute Gasteiger partial charge is 0.336 e. The van der Waals surface area contributed by atoms with Crippen molar-refractivity contribution in [2.45, 2.75) is 56.9 Å². The summed E-state index contributed by atoms with van der Waals surface area (Å²) in [5.74, 6) is 1.04. The second-order valence-corrected chi connectivity index (χ2v) is 9.92. The van der Waals surface area contributed by atoms with Crippen LogP contribution >= 0.6 is 0 Å². The minimum absolute atomic E-state index is 0.0650. The third-order valence-electron chi connectivity index (χ3n) is 5.29. The Morgan fingerprint density at radius 3 is 2.48 bits per heavy atom. The highest BCUT2D eigenvalue weighted by Gasteiger charge is 2.44. The van der Waals surface area contributed by atoms with E-state index in [0.717, 1.165) is 18.9 Å². The van der Waals surface area contributed by atoms with Crippen LogP contribution in [0.15, 0.2) is 0 Å². The van der Waals surface area contributed by atoms with Crippen molar-refractivity contribution >= 4 is 15.9 Å². The van der Waals surface area contributed by atoms with Crippen LogP contribution in [0.3, 0.4) is 0 Å². The van der Waals surface area contributed by atoms with Gasteiger partial charge in [-0.1, -0.05) is 0 Å². The molecule has 3 fully saturated rings. The number of amides is 2. The smallest absolute Gasteiger partial charge is 0.317 e. The molecule has 0 spiro atoms. The summed E-state index contributed by atoms with van der Waals surface area (Å²) < 4.78 is 25.0. The van der Waals surface area contributed by atoms with E-state index in [4.69, 9.17) is 0 Å². The lowest BCUT2D eigenvalue weighted by atomic mass is 10.1. The Hall–Kier alpha value is -0.820. The molecule has 0 radical (unpaired) electrons. The van der Waals surface area contributed by atoms with Crippen molar-refractivity contribution < 1.29 is 13.2 Å². The van der Waals surface area contributed by atoms with E-state index >= 15 is 0 Å². The number of likely N-dealkylation sites (tertiary alicyclic amines) is 1. The van der Waals surface area contributed by atoms with Crippen molar-refractivity contribution in [2.24, 2.45) is 5.92 Å². The number of nitrogens with one attached hydrogen (secondary N) is 1. The summed E-state index contributed by atoms with van der Waals surface area (Å²) in [6, 6.07) is 0.124. The van der Waals surface area contributed by atoms with Gasteiger partial charge in [-0.2, -0.15) is 0 Å². The molecule has 6 nitrogen and oxygen atoms in total. The minimum atomic E-state index is -3.03. The van der Waals surface area contributed by atoms with Crippen LogP contribution in [-0.4, -0.2) is 73.5 Å². The molecule has 1 N–H and O–H groups in total. The molecule has 132 valence electrons. The van der Waals surface area contributed by atoms with Crippen LogP contribution in [0, 0.1) is 5.92 Å². The molecular formula is C16H29N3O3S. The summed E-state index contributed by atoms with van der Waals surface area (Å²) in [6.07, 6.45) is 3.90. The zero-order chi connectivity index (χ0) is 16.6. The van der Waals surface area contributed by atoms with Gasteiger partial charge in [-0.05, 0) is 45.4 Å². The van der Waals surface area contributed by atoms with Crippen LogP contribution in [0.2, 0.25) is 0 Å². The molecule has 23 heavy (non-hydrogen) atoms. The van der Waals surface area contributed by atoms with Crippen molar-refractivity contribution in [1.82, 2.24) is 15.1 Å². The Kier molecular flexibility index (Phi) is 4.88. The van der Waals surface area contributed by atoms with Gasteiger partial charge < -0.3 is 10.2 Å². The molecule has 0 unspecified atom stereocenters. The average Bonchev–Trinajstić information content (AvgIpc) is 3.27. The molecule has 7 heteroatoms. The van der Waals surface area contributed by atoms with Crippen molar-refractivity contribution in [3.05, 3.63) is 0 Å². The van der Waals surface area contributed by atoms with Crippen molar-refractivity contribution in [3.63, 3.8) is 0 Å². The Bertz CT molecular complexity index is 545. The van der Waals surface area contributed by atoms with Gasteiger partial charge in [0.05, 0.1) is 11.0 Å². The Balaban J connectivity index is 1.71. The molecule has 2 heterocycles. The van der Waals surface area contributed by atoms with Crippen LogP contribution < -0.4 is 5.32 Å². The Morgan fingerprint density at radius 2 is 1.83 bits per heavy atom. The van der Waals surface area contributed by atoms with E-state index in [2.05, 4.69) is 10.2 Å².